The highest BCUT2D eigenvalue weighted by atomic mass is 31.2. The molecule has 0 aromatic rings. The van der Waals surface area contributed by atoms with E-state index in [0.29, 0.717) is 6.42 Å². The molecule has 0 bridgehead atoms. The molecule has 0 rings (SSSR count). The van der Waals surface area contributed by atoms with Gasteiger partial charge >= 0.3 is 19.8 Å². The Balaban J connectivity index is 3.92. The first-order chi connectivity index (χ1) is 44.8. The van der Waals surface area contributed by atoms with Crippen LogP contribution in [0.15, 0.2) is 170 Å². The number of carbonyl (C=O) groups excluding carboxylic acids is 2. The van der Waals surface area contributed by atoms with Crippen LogP contribution in [0.2, 0.25) is 0 Å². The van der Waals surface area contributed by atoms with Gasteiger partial charge in [0.25, 0.3) is 0 Å². The van der Waals surface area contributed by atoms with Crippen LogP contribution in [-0.4, -0.2) is 49.3 Å². The predicted molar refractivity (Wildman–Crippen MR) is 394 cm³/mol. The van der Waals surface area contributed by atoms with Crippen LogP contribution in [-0.2, 0) is 32.7 Å². The maximum atomic E-state index is 12.8. The van der Waals surface area contributed by atoms with Crippen LogP contribution >= 0.6 is 7.82 Å². The van der Waals surface area contributed by atoms with Crippen molar-refractivity contribution in [1.29, 1.82) is 0 Å². The molecule has 2 unspecified atom stereocenters. The highest BCUT2D eigenvalue weighted by Crippen LogP contribution is 2.43. The van der Waals surface area contributed by atoms with Gasteiger partial charge in [-0.15, -0.1) is 0 Å². The molecule has 10 heteroatoms. The minimum atomic E-state index is -4.41. The summed E-state index contributed by atoms with van der Waals surface area (Å²) in [5.74, 6) is -0.833. The molecule has 91 heavy (non-hydrogen) atoms. The summed E-state index contributed by atoms with van der Waals surface area (Å²) in [6, 6.07) is 0. The summed E-state index contributed by atoms with van der Waals surface area (Å²) in [7, 11) is -4.41. The smallest absolute Gasteiger partial charge is 0.462 e. The lowest BCUT2D eigenvalue weighted by atomic mass is 10.0. The summed E-state index contributed by atoms with van der Waals surface area (Å²) in [5, 5.41) is 0. The van der Waals surface area contributed by atoms with E-state index in [4.69, 9.17) is 24.3 Å². The number of ether oxygens (including phenoxy) is 2. The van der Waals surface area contributed by atoms with Crippen LogP contribution in [0.3, 0.4) is 0 Å². The average Bonchev–Trinajstić information content (AvgIpc) is 3.71. The number of rotatable bonds is 67. The van der Waals surface area contributed by atoms with E-state index in [-0.39, 0.29) is 38.6 Å². The number of carbonyl (C=O) groups is 2. The van der Waals surface area contributed by atoms with Crippen molar-refractivity contribution >= 4 is 19.8 Å². The summed E-state index contributed by atoms with van der Waals surface area (Å²) in [5.41, 5.74) is 5.41. The first-order valence-electron chi connectivity index (χ1n) is 36.6. The molecular weight excluding hydrogens is 1150 g/mol. The van der Waals surface area contributed by atoms with Crippen molar-refractivity contribution in [3.63, 3.8) is 0 Å². The van der Waals surface area contributed by atoms with Gasteiger partial charge in [-0.05, 0) is 128 Å². The summed E-state index contributed by atoms with van der Waals surface area (Å²) >= 11 is 0. The van der Waals surface area contributed by atoms with Gasteiger partial charge in [-0.25, -0.2) is 4.57 Å². The maximum absolute atomic E-state index is 12.8. The molecular formula is C81H134NO8P. The number of nitrogens with two attached hydrogens (primary N) is 1. The summed E-state index contributed by atoms with van der Waals surface area (Å²) < 4.78 is 33.2. The van der Waals surface area contributed by atoms with Gasteiger partial charge in [0.05, 0.1) is 13.2 Å². The molecule has 0 aliphatic rings. The predicted octanol–water partition coefficient (Wildman–Crippen LogP) is 24.5. The molecule has 0 saturated carbocycles. The number of esters is 2. The standard InChI is InChI=1S/C81H134NO8P/c1-3-5-7-9-11-13-15-17-19-21-23-25-27-29-31-33-35-36-37-38-39-40-41-42-44-46-48-50-52-54-56-58-60-62-64-66-68-70-72-74-81(84)90-79(78-89-91(85,86)88-76-75-82)77-87-80(83)73-71-69-67-65-63-61-59-57-55-53-51-49-47-45-43-34-32-30-28-26-24-22-20-18-16-14-12-10-8-6-4-2/h5-8,11-14,17-20,23-26,29-32,35-36,38-39,41-42,46,48,79H,3-4,9-10,15-16,21-22,27-28,33-34,37,40,43-45,47,49-78,82H2,1-2H3,(H,85,86)/b7-5-,8-6-,13-11-,14-12-,19-17-,20-18-,25-23-,26-24-,31-29-,32-30-,36-35-,39-38-,42-41-,48-46-. The fourth-order valence-corrected chi connectivity index (χ4v) is 10.5. The zero-order valence-electron chi connectivity index (χ0n) is 58.0. The van der Waals surface area contributed by atoms with Gasteiger partial charge in [-0.1, -0.05) is 325 Å². The second-order valence-electron chi connectivity index (χ2n) is 23.7. The monoisotopic (exact) mass is 1280 g/mol. The highest BCUT2D eigenvalue weighted by Gasteiger charge is 2.26. The Kier molecular flexibility index (Phi) is 70.6. The number of hydrogen-bond donors (Lipinski definition) is 2. The quantitative estimate of drug-likeness (QED) is 0.0264. The summed E-state index contributed by atoms with van der Waals surface area (Å²) in [6.07, 6.45) is 110. The van der Waals surface area contributed by atoms with Crippen LogP contribution in [0.5, 0.6) is 0 Å². The third-order valence-corrected chi connectivity index (χ3v) is 16.1. The average molecular weight is 1280 g/mol. The minimum Gasteiger partial charge on any atom is -0.462 e. The SMILES string of the molecule is CC/C=C\C/C=C\C/C=C\C/C=C\C/C=C\C/C=C\C/C=C\C/C=C\C/C=C\CCCCCCCCCCCCCC(=O)OC(COC(=O)CCCCCCCCCCCCCCCCC/C=C\C/C=C\C/C=C\C/C=C\C/C=C\CC)COP(=O)(O)OCCN. The molecule has 0 heterocycles. The maximum Gasteiger partial charge on any atom is 0.472 e. The van der Waals surface area contributed by atoms with Gasteiger partial charge in [-0.2, -0.15) is 0 Å². The Bertz CT molecular complexity index is 2100. The number of hydrogen-bond acceptors (Lipinski definition) is 8. The molecule has 516 valence electrons. The van der Waals surface area contributed by atoms with Gasteiger partial charge in [0, 0.05) is 19.4 Å². The zero-order chi connectivity index (χ0) is 65.8. The van der Waals surface area contributed by atoms with E-state index in [9.17, 15) is 19.0 Å². The van der Waals surface area contributed by atoms with E-state index >= 15 is 0 Å². The number of phosphoric ester groups is 1. The van der Waals surface area contributed by atoms with Gasteiger partial charge in [0.15, 0.2) is 6.10 Å². The Morgan fingerprint density at radius 1 is 0.330 bits per heavy atom. The van der Waals surface area contributed by atoms with Crippen molar-refractivity contribution in [3.8, 4) is 0 Å². The topological polar surface area (TPSA) is 134 Å². The molecule has 0 aliphatic carbocycles. The van der Waals surface area contributed by atoms with Gasteiger partial charge in [-0.3, -0.25) is 18.6 Å². The molecule has 0 spiro atoms. The Labute approximate surface area is 559 Å². The lowest BCUT2D eigenvalue weighted by molar-refractivity contribution is -0.161. The van der Waals surface area contributed by atoms with Crippen LogP contribution in [0.4, 0.5) is 0 Å². The lowest BCUT2D eigenvalue weighted by Crippen LogP contribution is -2.29. The Morgan fingerprint density at radius 2 is 0.571 bits per heavy atom. The molecule has 3 N–H and O–H groups in total. The van der Waals surface area contributed by atoms with Crippen LogP contribution in [0, 0.1) is 0 Å². The van der Waals surface area contributed by atoms with Crippen molar-refractivity contribution in [2.75, 3.05) is 26.4 Å². The van der Waals surface area contributed by atoms with E-state index in [0.717, 1.165) is 135 Å². The molecule has 0 fully saturated rings. The minimum absolute atomic E-state index is 0.0463. The van der Waals surface area contributed by atoms with Crippen molar-refractivity contribution < 1.29 is 37.6 Å². The molecule has 0 aliphatic heterocycles. The summed E-state index contributed by atoms with van der Waals surface area (Å²) in [6.45, 7) is 3.52. The van der Waals surface area contributed by atoms with Gasteiger partial charge in [0.2, 0.25) is 0 Å². The molecule has 0 radical (unpaired) electrons. The molecule has 0 aromatic heterocycles. The molecule has 2 atom stereocenters. The van der Waals surface area contributed by atoms with Crippen LogP contribution < -0.4 is 5.73 Å². The van der Waals surface area contributed by atoms with E-state index in [1.54, 1.807) is 0 Å². The number of allylic oxidation sites excluding steroid dienone is 28. The molecule has 9 nitrogen and oxygen atoms in total. The first kappa shape index (κ1) is 86.4. The van der Waals surface area contributed by atoms with E-state index in [2.05, 4.69) is 184 Å². The molecule has 0 amide bonds. The van der Waals surface area contributed by atoms with Crippen molar-refractivity contribution in [2.45, 2.75) is 302 Å². The lowest BCUT2D eigenvalue weighted by Gasteiger charge is -2.19. The van der Waals surface area contributed by atoms with Crippen molar-refractivity contribution in [1.82, 2.24) is 0 Å². The van der Waals surface area contributed by atoms with Crippen molar-refractivity contribution in [3.05, 3.63) is 170 Å². The third kappa shape index (κ3) is 74.3. The Morgan fingerprint density at radius 3 is 0.846 bits per heavy atom. The molecule has 0 saturated heterocycles. The van der Waals surface area contributed by atoms with E-state index < -0.39 is 26.5 Å². The second kappa shape index (κ2) is 74.4. The first-order valence-corrected chi connectivity index (χ1v) is 38.1. The zero-order valence-corrected chi connectivity index (χ0v) is 58.9. The second-order valence-corrected chi connectivity index (χ2v) is 25.1. The van der Waals surface area contributed by atoms with Crippen LogP contribution in [0.1, 0.15) is 296 Å². The van der Waals surface area contributed by atoms with E-state index in [1.807, 2.05) is 0 Å². The van der Waals surface area contributed by atoms with Crippen molar-refractivity contribution in [2.24, 2.45) is 5.73 Å². The normalized spacial score (nSPS) is 13.9. The van der Waals surface area contributed by atoms with Crippen LogP contribution in [0.25, 0.3) is 0 Å². The fraction of sp³-hybridized carbons (Fsp3) is 0.630. The summed E-state index contributed by atoms with van der Waals surface area (Å²) in [4.78, 5) is 35.4. The third-order valence-electron chi connectivity index (χ3n) is 15.1. The van der Waals surface area contributed by atoms with Gasteiger partial charge < -0.3 is 20.1 Å². The Hall–Kier alpha value is -4.63. The molecule has 0 aromatic carbocycles. The van der Waals surface area contributed by atoms with E-state index in [1.165, 1.54) is 128 Å². The van der Waals surface area contributed by atoms with Gasteiger partial charge in [0.1, 0.15) is 6.61 Å². The fourth-order valence-electron chi connectivity index (χ4n) is 9.78. The number of phosphoric acid groups is 1. The number of unbranched alkanes of at least 4 members (excludes halogenated alkanes) is 26. The largest absolute Gasteiger partial charge is 0.472 e. The highest BCUT2D eigenvalue weighted by molar-refractivity contribution is 7.47.